The summed E-state index contributed by atoms with van der Waals surface area (Å²) in [6.07, 6.45) is 1.59. The normalized spacial score (nSPS) is 17.6. The molecule has 0 radical (unpaired) electrons. The molecule has 1 aromatic carbocycles. The van der Waals surface area contributed by atoms with Gasteiger partial charge in [-0.3, -0.25) is 43.2 Å². The van der Waals surface area contributed by atoms with Crippen molar-refractivity contribution in [2.24, 2.45) is 41.1 Å². The maximum atomic E-state index is 14.5. The van der Waals surface area contributed by atoms with Crippen LogP contribution in [-0.4, -0.2) is 142 Å². The minimum Gasteiger partial charge on any atom is -0.480 e. The lowest BCUT2D eigenvalue weighted by Gasteiger charge is -2.32. The number of carboxylic acids is 1. The Kier molecular flexibility index (Phi) is 27.3. The Labute approximate surface area is 436 Å². The van der Waals surface area contributed by atoms with E-state index in [9.17, 15) is 58.2 Å². The molecule has 2 rings (SSSR count). The first-order valence-corrected chi connectivity index (χ1v) is 26.1. The molecule has 9 amide bonds. The van der Waals surface area contributed by atoms with Gasteiger partial charge in [-0.2, -0.15) is 0 Å². The molecule has 0 aromatic heterocycles. The lowest BCUT2D eigenvalue weighted by atomic mass is 9.96. The van der Waals surface area contributed by atoms with Gasteiger partial charge in [-0.1, -0.05) is 112 Å². The van der Waals surface area contributed by atoms with Gasteiger partial charge in [0, 0.05) is 13.0 Å². The number of likely N-dealkylation sites (tertiary alicyclic amines) is 1. The average molecular weight is 1040 g/mol. The summed E-state index contributed by atoms with van der Waals surface area (Å²) in [6, 6.07) is -1.79. The number of nitrogens with two attached hydrogens (primary N) is 2. The molecule has 22 heteroatoms. The predicted molar refractivity (Wildman–Crippen MR) is 277 cm³/mol. The Balaban J connectivity index is 2.31. The van der Waals surface area contributed by atoms with Crippen LogP contribution in [0.1, 0.15) is 133 Å². The zero-order valence-corrected chi connectivity index (χ0v) is 45.0. The van der Waals surface area contributed by atoms with Crippen LogP contribution in [0, 0.1) is 29.6 Å². The molecule has 0 aliphatic carbocycles. The fraction of sp³-hybridized carbons (Fsp3) is 0.692. The number of aliphatic hydroxyl groups is 1. The number of rotatable bonds is 32. The van der Waals surface area contributed by atoms with Crippen molar-refractivity contribution in [3.05, 3.63) is 35.9 Å². The van der Waals surface area contributed by atoms with Gasteiger partial charge in [0.15, 0.2) is 0 Å². The van der Waals surface area contributed by atoms with E-state index in [4.69, 9.17) is 11.5 Å². The van der Waals surface area contributed by atoms with Crippen LogP contribution in [0.2, 0.25) is 0 Å². The first kappa shape index (κ1) is 64.0. The van der Waals surface area contributed by atoms with E-state index in [0.717, 1.165) is 5.56 Å². The van der Waals surface area contributed by atoms with Gasteiger partial charge in [0.2, 0.25) is 53.2 Å². The summed E-state index contributed by atoms with van der Waals surface area (Å²) in [5.41, 5.74) is 12.4. The fourth-order valence-corrected chi connectivity index (χ4v) is 8.56. The largest absolute Gasteiger partial charge is 0.480 e. The van der Waals surface area contributed by atoms with Crippen LogP contribution in [0.25, 0.3) is 0 Å². The minimum atomic E-state index is -1.67. The molecule has 1 aliphatic rings. The van der Waals surface area contributed by atoms with Gasteiger partial charge in [0.05, 0.1) is 12.6 Å². The van der Waals surface area contributed by atoms with E-state index in [-0.39, 0.29) is 69.2 Å². The quantitative estimate of drug-likeness (QED) is 0.0470. The third kappa shape index (κ3) is 21.0. The number of amides is 9. The van der Waals surface area contributed by atoms with E-state index in [2.05, 4.69) is 37.2 Å². The Morgan fingerprint density at radius 1 is 0.608 bits per heavy atom. The molecule has 1 aliphatic heterocycles. The molecular formula is C52H86N10O12. The van der Waals surface area contributed by atoms with Gasteiger partial charge < -0.3 is 63.8 Å². The molecule has 13 N–H and O–H groups in total. The number of hydrogen-bond donors (Lipinski definition) is 11. The number of carboxylic acid groups (broad SMARTS) is 1. The predicted octanol–water partition coefficient (Wildman–Crippen LogP) is 0.514. The van der Waals surface area contributed by atoms with E-state index in [1.165, 1.54) is 4.90 Å². The highest BCUT2D eigenvalue weighted by molar-refractivity contribution is 5.98. The average Bonchev–Trinajstić information content (AvgIpc) is 3.83. The molecule has 1 heterocycles. The number of nitrogens with zero attached hydrogens (tertiary/aromatic N) is 1. The lowest BCUT2D eigenvalue weighted by molar-refractivity contribution is -0.144. The highest BCUT2D eigenvalue weighted by Gasteiger charge is 2.41. The molecule has 1 aromatic rings. The van der Waals surface area contributed by atoms with E-state index in [1.807, 2.05) is 58.0 Å². The van der Waals surface area contributed by atoms with Crippen molar-refractivity contribution in [1.29, 1.82) is 0 Å². The first-order chi connectivity index (χ1) is 34.7. The monoisotopic (exact) mass is 1040 g/mol. The molecule has 1 fully saturated rings. The zero-order chi connectivity index (χ0) is 56.0. The summed E-state index contributed by atoms with van der Waals surface area (Å²) in [5, 5.41) is 38.3. The summed E-state index contributed by atoms with van der Waals surface area (Å²) in [6.45, 7) is 17.2. The van der Waals surface area contributed by atoms with Crippen LogP contribution in [-0.2, 0) is 54.4 Å². The Hall–Kier alpha value is -6.16. The van der Waals surface area contributed by atoms with Crippen molar-refractivity contribution in [2.45, 2.75) is 188 Å². The van der Waals surface area contributed by atoms with Gasteiger partial charge >= 0.3 is 5.97 Å². The fourth-order valence-electron chi connectivity index (χ4n) is 8.56. The topological polar surface area (TPSA) is 351 Å². The minimum absolute atomic E-state index is 0.0187. The number of carbonyl (C=O) groups excluding carboxylic acids is 9. The summed E-state index contributed by atoms with van der Waals surface area (Å²) >= 11 is 0. The Bertz CT molecular complexity index is 2060. The second-order valence-corrected chi connectivity index (χ2v) is 20.9. The number of primary amides is 1. The number of aliphatic carboxylic acids is 1. The lowest BCUT2D eigenvalue weighted by Crippen LogP contribution is -2.61. The van der Waals surface area contributed by atoms with Crippen molar-refractivity contribution in [3.63, 3.8) is 0 Å². The molecule has 0 spiro atoms. The van der Waals surface area contributed by atoms with Gasteiger partial charge in [-0.25, -0.2) is 4.79 Å². The van der Waals surface area contributed by atoms with Crippen LogP contribution in [0.3, 0.4) is 0 Å². The second kappa shape index (κ2) is 31.5. The van der Waals surface area contributed by atoms with Crippen molar-refractivity contribution in [2.75, 3.05) is 13.2 Å². The van der Waals surface area contributed by atoms with Crippen LogP contribution >= 0.6 is 0 Å². The maximum absolute atomic E-state index is 14.5. The van der Waals surface area contributed by atoms with Crippen LogP contribution < -0.4 is 48.7 Å². The summed E-state index contributed by atoms with van der Waals surface area (Å²) in [7, 11) is 0. The number of aliphatic hydroxyl groups excluding tert-OH is 1. The third-order valence-corrected chi connectivity index (χ3v) is 13.2. The van der Waals surface area contributed by atoms with Crippen molar-refractivity contribution < 1.29 is 58.2 Å². The molecule has 0 saturated carbocycles. The highest BCUT2D eigenvalue weighted by Crippen LogP contribution is 2.22. The first-order valence-electron chi connectivity index (χ1n) is 26.1. The van der Waals surface area contributed by atoms with Crippen molar-refractivity contribution in [1.82, 2.24) is 42.1 Å². The van der Waals surface area contributed by atoms with Crippen molar-refractivity contribution >= 4 is 59.1 Å². The molecule has 11 atom stereocenters. The standard InChI is InChI=1S/C52H86N10O12/c1-11-31(9)42(50(71)57-37(24-29(5)6)47(68)59-39(27-63)48(69)55-35(20-21-41(54)64)45(66)61-43(52(73)74)32(10)12-2)60-49(70)40-19-16-22-62(40)51(72)38(25-30(7)8)58-46(67)36(23-28(3)4)56-44(65)34(53)26-33-17-14-13-15-18-33/h13-15,17-18,28-32,34-40,42-43,63H,11-12,16,19-27,53H2,1-10H3,(H2,54,64)(H,55,69)(H,56,65)(H,57,71)(H,58,67)(H,59,68)(H,60,70)(H,61,66)(H,73,74)/t31-,32-,34-,35-,36-,37-,38-,39-,40-,42-,43-/m0/s1. The number of nitrogens with one attached hydrogen (secondary N) is 7. The summed E-state index contributed by atoms with van der Waals surface area (Å²) in [5.74, 6) is -9.23. The van der Waals surface area contributed by atoms with E-state index < -0.39 is 132 Å². The maximum Gasteiger partial charge on any atom is 0.326 e. The highest BCUT2D eigenvalue weighted by atomic mass is 16.4. The van der Waals surface area contributed by atoms with Crippen molar-refractivity contribution in [3.8, 4) is 0 Å². The van der Waals surface area contributed by atoms with Gasteiger partial charge in [0.1, 0.15) is 48.3 Å². The van der Waals surface area contributed by atoms with Crippen LogP contribution in [0.15, 0.2) is 30.3 Å². The summed E-state index contributed by atoms with van der Waals surface area (Å²) in [4.78, 5) is 136. The Morgan fingerprint density at radius 2 is 1.07 bits per heavy atom. The molecule has 74 heavy (non-hydrogen) atoms. The molecule has 0 bridgehead atoms. The molecule has 22 nitrogen and oxygen atoms in total. The van der Waals surface area contributed by atoms with E-state index >= 15 is 0 Å². The molecule has 416 valence electrons. The molecular weight excluding hydrogens is 957 g/mol. The smallest absolute Gasteiger partial charge is 0.326 e. The number of carbonyl (C=O) groups is 10. The van der Waals surface area contributed by atoms with Crippen LogP contribution in [0.5, 0.6) is 0 Å². The van der Waals surface area contributed by atoms with Gasteiger partial charge in [0.25, 0.3) is 0 Å². The van der Waals surface area contributed by atoms with Gasteiger partial charge in [-0.05, 0) is 80.1 Å². The number of benzene rings is 1. The van der Waals surface area contributed by atoms with Gasteiger partial charge in [-0.15, -0.1) is 0 Å². The SMILES string of the molecule is CC[C@H](C)[C@H](NC(=O)[C@H](CCC(N)=O)NC(=O)[C@H](CO)NC(=O)[C@H](CC(C)C)NC(=O)[C@@H](NC(=O)[C@@H]1CCCN1C(=O)[C@H](CC(C)C)NC(=O)[C@H](CC(C)C)NC(=O)[C@@H](N)Cc1ccccc1)[C@@H](C)CC)C(=O)O. The third-order valence-electron chi connectivity index (χ3n) is 13.2. The molecule has 1 saturated heterocycles. The van der Waals surface area contributed by atoms with E-state index in [1.54, 1.807) is 41.5 Å². The van der Waals surface area contributed by atoms with Crippen LogP contribution in [0.4, 0.5) is 0 Å². The second-order valence-electron chi connectivity index (χ2n) is 20.9. The number of hydrogen-bond acceptors (Lipinski definition) is 12. The molecule has 0 unspecified atom stereocenters. The summed E-state index contributed by atoms with van der Waals surface area (Å²) < 4.78 is 0. The Morgan fingerprint density at radius 3 is 1.57 bits per heavy atom. The van der Waals surface area contributed by atoms with E-state index in [0.29, 0.717) is 19.3 Å². The zero-order valence-electron chi connectivity index (χ0n) is 45.0.